The van der Waals surface area contributed by atoms with E-state index >= 15 is 0 Å². The monoisotopic (exact) mass is 420 g/mol. The first-order chi connectivity index (χ1) is 12.1. The molecule has 3 aromatic rings. The number of anilines is 1. The van der Waals surface area contributed by atoms with E-state index in [-0.39, 0.29) is 32.7 Å². The molecule has 0 saturated carbocycles. The average molecular weight is 420 g/mol. The molecule has 0 unspecified atom stereocenters. The second kappa shape index (κ2) is 10.1. The smallest absolute Gasteiger partial charge is 0.0722 e. The largest absolute Gasteiger partial charge is 0.456 e. The van der Waals surface area contributed by atoms with E-state index in [0.29, 0.717) is 0 Å². The molecule has 4 rings (SSSR count). The van der Waals surface area contributed by atoms with Gasteiger partial charge in [-0.2, -0.15) is 24.6 Å². The first-order valence-corrected chi connectivity index (χ1v) is 8.66. The Labute approximate surface area is 182 Å². The molecule has 1 fully saturated rings. The number of fused-ring (bicyclic) bond motifs is 1. The summed E-state index contributed by atoms with van der Waals surface area (Å²) in [4.78, 5) is 8.95. The molecule has 2 heterocycles. The van der Waals surface area contributed by atoms with E-state index in [1.165, 1.54) is 16.6 Å². The minimum atomic E-state index is 0. The predicted molar refractivity (Wildman–Crippen MR) is 107 cm³/mol. The number of aryl methyl sites for hydroxylation is 1. The molecular weight excluding hydrogens is 395 g/mol. The molecular formula is C22H25N3Y-2. The van der Waals surface area contributed by atoms with Gasteiger partial charge in [0.15, 0.2) is 0 Å². The zero-order valence-corrected chi connectivity index (χ0v) is 18.3. The van der Waals surface area contributed by atoms with Crippen LogP contribution in [0.3, 0.4) is 0 Å². The molecule has 133 valence electrons. The van der Waals surface area contributed by atoms with Crippen molar-refractivity contribution in [3.05, 3.63) is 85.9 Å². The van der Waals surface area contributed by atoms with Gasteiger partial charge in [-0.05, 0) is 37.4 Å². The number of piperazine rings is 1. The van der Waals surface area contributed by atoms with Gasteiger partial charge < -0.3 is 9.80 Å². The maximum Gasteiger partial charge on any atom is 0.0722 e. The number of nitrogens with zero attached hydrogens (tertiary/aromatic N) is 3. The van der Waals surface area contributed by atoms with Crippen LogP contribution in [0.15, 0.2) is 60.8 Å². The Morgan fingerprint density at radius 2 is 1.65 bits per heavy atom. The fourth-order valence-electron chi connectivity index (χ4n) is 3.06. The molecule has 0 N–H and O–H groups in total. The fourth-order valence-corrected chi connectivity index (χ4v) is 3.06. The van der Waals surface area contributed by atoms with Crippen LogP contribution in [0.4, 0.5) is 5.69 Å². The van der Waals surface area contributed by atoms with Gasteiger partial charge in [-0.1, -0.05) is 19.1 Å². The standard InChI is InChI=1S/C14H16N3.C8H9.Y/c1-16-8-10-17(11-9-16)14-6-2-5-13-12(14)4-3-7-15-13;1-7-4-3-5-8(2)6-7;/h2-7H,1,8-11H2;3-6H,1H2,2H3;/q2*-1;. The van der Waals surface area contributed by atoms with Gasteiger partial charge in [0.1, 0.15) is 0 Å². The van der Waals surface area contributed by atoms with Gasteiger partial charge in [-0.15, -0.1) is 11.6 Å². The molecule has 3 nitrogen and oxygen atoms in total. The second-order valence-corrected chi connectivity index (χ2v) is 6.44. The Kier molecular flexibility index (Phi) is 8.08. The van der Waals surface area contributed by atoms with Crippen molar-refractivity contribution < 1.29 is 32.7 Å². The Bertz CT molecular complexity index is 804. The van der Waals surface area contributed by atoms with E-state index in [9.17, 15) is 0 Å². The molecule has 0 amide bonds. The van der Waals surface area contributed by atoms with Gasteiger partial charge in [0.05, 0.1) is 5.52 Å². The minimum absolute atomic E-state index is 0. The molecule has 1 aliphatic rings. The van der Waals surface area contributed by atoms with Crippen molar-refractivity contribution >= 4 is 16.6 Å². The molecule has 0 bridgehead atoms. The molecule has 0 aliphatic carbocycles. The summed E-state index contributed by atoms with van der Waals surface area (Å²) in [5, 5.41) is 1.24. The van der Waals surface area contributed by atoms with Crippen LogP contribution < -0.4 is 4.90 Å². The van der Waals surface area contributed by atoms with Crippen molar-refractivity contribution in [3.8, 4) is 0 Å². The summed E-state index contributed by atoms with van der Waals surface area (Å²) in [7, 11) is 3.98. The van der Waals surface area contributed by atoms with Crippen molar-refractivity contribution in [2.45, 2.75) is 6.92 Å². The molecule has 0 atom stereocenters. The normalized spacial score (nSPS) is 14.3. The maximum atomic E-state index is 4.40. The predicted octanol–water partition coefficient (Wildman–Crippen LogP) is 4.32. The Morgan fingerprint density at radius 3 is 2.31 bits per heavy atom. The number of aromatic nitrogens is 1. The van der Waals surface area contributed by atoms with E-state index in [0.717, 1.165) is 37.3 Å². The summed E-state index contributed by atoms with van der Waals surface area (Å²) in [5.74, 6) is 0. The summed E-state index contributed by atoms with van der Waals surface area (Å²) in [6.45, 7) is 9.97. The third-order valence-corrected chi connectivity index (χ3v) is 4.42. The first-order valence-electron chi connectivity index (χ1n) is 8.66. The average Bonchev–Trinajstić information content (AvgIpc) is 2.62. The van der Waals surface area contributed by atoms with Crippen LogP contribution >= 0.6 is 0 Å². The summed E-state index contributed by atoms with van der Waals surface area (Å²) in [6.07, 6.45) is 1.85. The Balaban J connectivity index is 0.000000230. The van der Waals surface area contributed by atoms with Crippen molar-refractivity contribution in [2.75, 3.05) is 31.1 Å². The van der Waals surface area contributed by atoms with Gasteiger partial charge in [0.2, 0.25) is 0 Å². The SMILES string of the molecule is [CH2-]N1CCN(c2cccc3ncccc23)CC1.[CH2-]c1cccc(C)c1.[Y]. The van der Waals surface area contributed by atoms with Crippen molar-refractivity contribution in [3.63, 3.8) is 0 Å². The molecule has 2 aromatic carbocycles. The Hall–Kier alpha value is -1.42. The van der Waals surface area contributed by atoms with Crippen LogP contribution in [0.1, 0.15) is 11.1 Å². The van der Waals surface area contributed by atoms with E-state index in [4.69, 9.17) is 0 Å². The van der Waals surface area contributed by atoms with Crippen molar-refractivity contribution in [2.24, 2.45) is 0 Å². The minimum Gasteiger partial charge on any atom is -0.456 e. The van der Waals surface area contributed by atoms with Crippen LogP contribution in [-0.2, 0) is 32.7 Å². The molecule has 1 aliphatic heterocycles. The number of benzene rings is 2. The van der Waals surface area contributed by atoms with Gasteiger partial charge in [-0.3, -0.25) is 12.0 Å². The summed E-state index contributed by atoms with van der Waals surface area (Å²) >= 11 is 0. The zero-order chi connectivity index (χ0) is 17.6. The van der Waals surface area contributed by atoms with E-state index in [2.05, 4.69) is 72.1 Å². The topological polar surface area (TPSA) is 19.4 Å². The quantitative estimate of drug-likeness (QED) is 0.547. The van der Waals surface area contributed by atoms with Crippen LogP contribution in [0, 0.1) is 20.9 Å². The number of rotatable bonds is 1. The van der Waals surface area contributed by atoms with E-state index in [1.807, 2.05) is 24.4 Å². The second-order valence-electron chi connectivity index (χ2n) is 6.44. The fraction of sp³-hybridized carbons (Fsp3) is 0.227. The van der Waals surface area contributed by atoms with Gasteiger partial charge >= 0.3 is 0 Å². The van der Waals surface area contributed by atoms with Crippen LogP contribution in [0.2, 0.25) is 0 Å². The molecule has 1 saturated heterocycles. The van der Waals surface area contributed by atoms with Gasteiger partial charge in [-0.25, -0.2) is 0 Å². The Morgan fingerprint density at radius 1 is 0.923 bits per heavy atom. The third-order valence-electron chi connectivity index (χ3n) is 4.42. The summed E-state index contributed by atoms with van der Waals surface area (Å²) < 4.78 is 0. The number of hydrogen-bond donors (Lipinski definition) is 0. The summed E-state index contributed by atoms with van der Waals surface area (Å²) in [5.41, 5.74) is 4.73. The van der Waals surface area contributed by atoms with Crippen LogP contribution in [0.5, 0.6) is 0 Å². The van der Waals surface area contributed by atoms with E-state index in [1.54, 1.807) is 0 Å². The molecule has 26 heavy (non-hydrogen) atoms. The van der Waals surface area contributed by atoms with Crippen molar-refractivity contribution in [1.82, 2.24) is 9.88 Å². The van der Waals surface area contributed by atoms with Crippen LogP contribution in [0.25, 0.3) is 10.9 Å². The van der Waals surface area contributed by atoms with Gasteiger partial charge in [0.25, 0.3) is 0 Å². The van der Waals surface area contributed by atoms with E-state index < -0.39 is 0 Å². The van der Waals surface area contributed by atoms with Crippen LogP contribution in [-0.4, -0.2) is 36.1 Å². The first kappa shape index (κ1) is 20.9. The molecule has 0 spiro atoms. The molecule has 1 radical (unpaired) electrons. The maximum absolute atomic E-state index is 4.40. The van der Waals surface area contributed by atoms with Crippen molar-refractivity contribution in [1.29, 1.82) is 0 Å². The summed E-state index contributed by atoms with van der Waals surface area (Å²) in [6, 6.07) is 18.6. The van der Waals surface area contributed by atoms with Gasteiger partial charge in [0, 0.05) is 63.1 Å². The number of hydrogen-bond acceptors (Lipinski definition) is 3. The molecule has 1 aromatic heterocycles. The number of pyridine rings is 1. The third kappa shape index (κ3) is 5.54. The zero-order valence-electron chi connectivity index (χ0n) is 15.4. The molecule has 4 heteroatoms.